The first kappa shape index (κ1) is 18.3. The lowest BCUT2D eigenvalue weighted by Crippen LogP contribution is -2.19. The second-order valence-electron chi connectivity index (χ2n) is 5.35. The summed E-state index contributed by atoms with van der Waals surface area (Å²) >= 11 is 0. The van der Waals surface area contributed by atoms with Crippen LogP contribution in [0.25, 0.3) is 11.3 Å². The minimum absolute atomic E-state index is 0.0483. The lowest BCUT2D eigenvalue weighted by molar-refractivity contribution is -0.384. The summed E-state index contributed by atoms with van der Waals surface area (Å²) in [5.74, 6) is -0.925. The van der Waals surface area contributed by atoms with Gasteiger partial charge in [-0.25, -0.2) is 4.79 Å². The number of hydrogen-bond donors (Lipinski definition) is 0. The summed E-state index contributed by atoms with van der Waals surface area (Å²) in [7, 11) is 0. The van der Waals surface area contributed by atoms with Crippen LogP contribution in [0.4, 0.5) is 5.69 Å². The van der Waals surface area contributed by atoms with Crippen molar-refractivity contribution in [1.29, 1.82) is 0 Å². The molecule has 0 N–H and O–H groups in total. The molecule has 0 atom stereocenters. The zero-order valence-electron chi connectivity index (χ0n) is 14.1. The smallest absolute Gasteiger partial charge is 0.357 e. The van der Waals surface area contributed by atoms with Crippen molar-refractivity contribution >= 4 is 17.6 Å². The predicted molar refractivity (Wildman–Crippen MR) is 90.4 cm³/mol. The molecular weight excluding hydrogens is 326 g/mol. The van der Waals surface area contributed by atoms with Gasteiger partial charge in [-0.3, -0.25) is 14.9 Å². The number of nitrogens with zero attached hydrogens (tertiary/aromatic N) is 3. The fraction of sp³-hybridized carbons (Fsp3) is 0.353. The molecule has 0 unspecified atom stereocenters. The zero-order valence-corrected chi connectivity index (χ0v) is 14.1. The number of aromatic nitrogens is 2. The Hall–Kier alpha value is -3.03. The van der Waals surface area contributed by atoms with Crippen LogP contribution >= 0.6 is 0 Å². The molecule has 2 rings (SSSR count). The first-order valence-corrected chi connectivity index (χ1v) is 8.03. The molecule has 8 heteroatoms. The number of nitro benzene ring substituents is 1. The van der Waals surface area contributed by atoms with E-state index in [0.29, 0.717) is 17.7 Å². The van der Waals surface area contributed by atoms with Gasteiger partial charge in [0.2, 0.25) is 5.91 Å². The van der Waals surface area contributed by atoms with Crippen molar-refractivity contribution in [3.8, 4) is 11.3 Å². The molecule has 0 bridgehead atoms. The summed E-state index contributed by atoms with van der Waals surface area (Å²) in [6.07, 6.45) is 1.80. The van der Waals surface area contributed by atoms with E-state index in [9.17, 15) is 19.7 Å². The highest BCUT2D eigenvalue weighted by atomic mass is 16.6. The van der Waals surface area contributed by atoms with Crippen molar-refractivity contribution in [1.82, 2.24) is 9.78 Å². The van der Waals surface area contributed by atoms with Gasteiger partial charge in [0, 0.05) is 24.1 Å². The number of non-ortho nitro benzene ring substituents is 1. The highest BCUT2D eigenvalue weighted by molar-refractivity contribution is 5.94. The number of rotatable bonds is 7. The molecule has 2 aromatic rings. The lowest BCUT2D eigenvalue weighted by atomic mass is 10.1. The van der Waals surface area contributed by atoms with Gasteiger partial charge in [-0.15, -0.1) is 0 Å². The molecular formula is C17H19N3O5. The highest BCUT2D eigenvalue weighted by Crippen LogP contribution is 2.23. The maximum atomic E-state index is 12.3. The van der Waals surface area contributed by atoms with E-state index in [4.69, 9.17) is 4.74 Å². The van der Waals surface area contributed by atoms with Crippen LogP contribution < -0.4 is 0 Å². The molecule has 25 heavy (non-hydrogen) atoms. The maximum Gasteiger partial charge on any atom is 0.357 e. The van der Waals surface area contributed by atoms with Crippen LogP contribution in [0.15, 0.2) is 30.3 Å². The van der Waals surface area contributed by atoms with Gasteiger partial charge in [0.05, 0.1) is 17.2 Å². The first-order valence-electron chi connectivity index (χ1n) is 8.03. The van der Waals surface area contributed by atoms with Gasteiger partial charge in [0.1, 0.15) is 0 Å². The summed E-state index contributed by atoms with van der Waals surface area (Å²) in [5, 5.41) is 14.9. The standard InChI is InChI=1S/C17H19N3O5/c1-3-5-6-16(21)19-15(17(22)25-4-2)11-14(18-19)12-7-9-13(10-8-12)20(23)24/h7-11H,3-6H2,1-2H3. The number of hydrogen-bond acceptors (Lipinski definition) is 6. The van der Waals surface area contributed by atoms with Gasteiger partial charge in [0.25, 0.3) is 5.69 Å². The fourth-order valence-corrected chi connectivity index (χ4v) is 2.25. The Balaban J connectivity index is 2.40. The molecule has 0 spiro atoms. The van der Waals surface area contributed by atoms with Crippen molar-refractivity contribution < 1.29 is 19.2 Å². The Kier molecular flexibility index (Phi) is 5.99. The Morgan fingerprint density at radius 3 is 2.48 bits per heavy atom. The molecule has 0 aliphatic rings. The molecule has 0 fully saturated rings. The van der Waals surface area contributed by atoms with Crippen LogP contribution in [-0.4, -0.2) is 33.2 Å². The summed E-state index contributed by atoms with van der Waals surface area (Å²) in [6.45, 7) is 3.82. The number of benzene rings is 1. The molecule has 0 amide bonds. The van der Waals surface area contributed by atoms with E-state index >= 15 is 0 Å². The Morgan fingerprint density at radius 2 is 1.92 bits per heavy atom. The van der Waals surface area contributed by atoms with Gasteiger partial charge in [0.15, 0.2) is 5.69 Å². The zero-order chi connectivity index (χ0) is 18.4. The molecule has 0 saturated heterocycles. The number of unbranched alkanes of at least 4 members (excludes halogenated alkanes) is 1. The van der Waals surface area contributed by atoms with Crippen LogP contribution in [0.2, 0.25) is 0 Å². The second-order valence-corrected chi connectivity index (χ2v) is 5.35. The van der Waals surface area contributed by atoms with Gasteiger partial charge in [-0.2, -0.15) is 9.78 Å². The highest BCUT2D eigenvalue weighted by Gasteiger charge is 2.21. The van der Waals surface area contributed by atoms with E-state index < -0.39 is 10.9 Å². The normalized spacial score (nSPS) is 10.5. The third-order valence-corrected chi connectivity index (χ3v) is 3.55. The van der Waals surface area contributed by atoms with Crippen molar-refractivity contribution in [2.24, 2.45) is 0 Å². The van der Waals surface area contributed by atoms with Crippen molar-refractivity contribution in [3.63, 3.8) is 0 Å². The molecule has 132 valence electrons. The second kappa shape index (κ2) is 8.18. The van der Waals surface area contributed by atoms with Crippen molar-refractivity contribution in [2.75, 3.05) is 6.61 Å². The third-order valence-electron chi connectivity index (χ3n) is 3.55. The minimum atomic E-state index is -0.631. The first-order chi connectivity index (χ1) is 12.0. The van der Waals surface area contributed by atoms with Gasteiger partial charge < -0.3 is 4.74 Å². The van der Waals surface area contributed by atoms with E-state index in [1.807, 2.05) is 6.92 Å². The Morgan fingerprint density at radius 1 is 1.24 bits per heavy atom. The quantitative estimate of drug-likeness (QED) is 0.432. The number of esters is 1. The minimum Gasteiger partial charge on any atom is -0.461 e. The number of carbonyl (C=O) groups is 2. The van der Waals surface area contributed by atoms with Crippen LogP contribution in [0, 0.1) is 10.1 Å². The fourth-order valence-electron chi connectivity index (χ4n) is 2.25. The topological polar surface area (TPSA) is 104 Å². The summed E-state index contributed by atoms with van der Waals surface area (Å²) < 4.78 is 6.04. The van der Waals surface area contributed by atoms with E-state index in [1.165, 1.54) is 30.3 Å². The van der Waals surface area contributed by atoms with Crippen LogP contribution in [0.3, 0.4) is 0 Å². The summed E-state index contributed by atoms with van der Waals surface area (Å²) in [5.41, 5.74) is 0.949. The third kappa shape index (κ3) is 4.28. The van der Waals surface area contributed by atoms with E-state index in [1.54, 1.807) is 6.92 Å². The van der Waals surface area contributed by atoms with E-state index in [0.717, 1.165) is 11.1 Å². The van der Waals surface area contributed by atoms with Crippen LogP contribution in [0.5, 0.6) is 0 Å². The molecule has 1 heterocycles. The molecule has 0 aliphatic heterocycles. The average molecular weight is 345 g/mol. The molecule has 1 aromatic carbocycles. The molecule has 8 nitrogen and oxygen atoms in total. The Labute approximate surface area is 144 Å². The lowest BCUT2D eigenvalue weighted by Gasteiger charge is -2.05. The summed E-state index contributed by atoms with van der Waals surface area (Å²) in [6, 6.07) is 7.20. The average Bonchev–Trinajstić information content (AvgIpc) is 3.05. The number of ether oxygens (including phenoxy) is 1. The van der Waals surface area contributed by atoms with Crippen LogP contribution in [-0.2, 0) is 4.74 Å². The SMILES string of the molecule is CCCCC(=O)n1nc(-c2ccc([N+](=O)[O-])cc2)cc1C(=O)OCC. The van der Waals surface area contributed by atoms with Crippen molar-refractivity contribution in [2.45, 2.75) is 33.1 Å². The maximum absolute atomic E-state index is 12.3. The number of carbonyl (C=O) groups excluding carboxylic acids is 2. The van der Waals surface area contributed by atoms with Crippen LogP contribution in [0.1, 0.15) is 48.4 Å². The largest absolute Gasteiger partial charge is 0.461 e. The van der Waals surface area contributed by atoms with E-state index in [2.05, 4.69) is 5.10 Å². The predicted octanol–water partition coefficient (Wildman–Crippen LogP) is 3.47. The monoisotopic (exact) mass is 345 g/mol. The van der Waals surface area contributed by atoms with Crippen molar-refractivity contribution in [3.05, 3.63) is 46.1 Å². The van der Waals surface area contributed by atoms with E-state index in [-0.39, 0.29) is 30.3 Å². The number of nitro groups is 1. The molecule has 0 radical (unpaired) electrons. The Bertz CT molecular complexity index is 780. The molecule has 0 aliphatic carbocycles. The molecule has 0 saturated carbocycles. The van der Waals surface area contributed by atoms with Gasteiger partial charge in [-0.1, -0.05) is 13.3 Å². The van der Waals surface area contributed by atoms with Gasteiger partial charge >= 0.3 is 5.97 Å². The molecule has 1 aromatic heterocycles. The summed E-state index contributed by atoms with van der Waals surface area (Å²) in [4.78, 5) is 34.7. The van der Waals surface area contributed by atoms with Gasteiger partial charge in [-0.05, 0) is 31.5 Å².